The van der Waals surface area contributed by atoms with Gasteiger partial charge in [0.25, 0.3) is 0 Å². The summed E-state index contributed by atoms with van der Waals surface area (Å²) in [7, 11) is 2.88. The molecule has 0 aliphatic rings. The summed E-state index contributed by atoms with van der Waals surface area (Å²) in [5.74, 6) is -0.616. The average Bonchev–Trinajstić information content (AvgIpc) is 2.62. The third kappa shape index (κ3) is 3.82. The van der Waals surface area contributed by atoms with E-state index in [9.17, 15) is 9.59 Å². The Morgan fingerprint density at radius 2 is 1.84 bits per heavy atom. The molecule has 0 saturated heterocycles. The fourth-order valence-corrected chi connectivity index (χ4v) is 3.00. The number of carbonyl (C=O) groups is 2. The minimum absolute atomic E-state index is 0.168. The Morgan fingerprint density at radius 1 is 1.16 bits per heavy atom. The number of esters is 1. The SMILES string of the molecule is COCCC(=O)N(c1c(C)c(C)cc2ccccc12)[C@@H](C)C(=O)OC. The van der Waals surface area contributed by atoms with Crippen LogP contribution in [0.2, 0.25) is 0 Å². The number of carbonyl (C=O) groups excluding carboxylic acids is 2. The summed E-state index contributed by atoms with van der Waals surface area (Å²) in [5, 5.41) is 1.97. The van der Waals surface area contributed by atoms with Gasteiger partial charge in [-0.25, -0.2) is 4.79 Å². The molecule has 0 N–H and O–H groups in total. The van der Waals surface area contributed by atoms with Gasteiger partial charge >= 0.3 is 5.97 Å². The van der Waals surface area contributed by atoms with Gasteiger partial charge in [0.15, 0.2) is 0 Å². The van der Waals surface area contributed by atoms with Gasteiger partial charge in [-0.05, 0) is 37.3 Å². The molecule has 25 heavy (non-hydrogen) atoms. The van der Waals surface area contributed by atoms with Crippen molar-refractivity contribution in [3.05, 3.63) is 41.5 Å². The number of hydrogen-bond acceptors (Lipinski definition) is 4. The molecular formula is C20H25NO4. The molecule has 5 nitrogen and oxygen atoms in total. The molecule has 134 valence electrons. The number of hydrogen-bond donors (Lipinski definition) is 0. The molecule has 0 aliphatic heterocycles. The Kier molecular flexibility index (Phi) is 6.15. The van der Waals surface area contributed by atoms with Crippen molar-refractivity contribution in [1.29, 1.82) is 0 Å². The van der Waals surface area contributed by atoms with Crippen LogP contribution in [0.1, 0.15) is 24.5 Å². The fourth-order valence-electron chi connectivity index (χ4n) is 3.00. The quantitative estimate of drug-likeness (QED) is 0.755. The summed E-state index contributed by atoms with van der Waals surface area (Å²) in [6, 6.07) is 9.24. The summed E-state index contributed by atoms with van der Waals surface area (Å²) in [5.41, 5.74) is 2.80. The van der Waals surface area contributed by atoms with Crippen LogP contribution in [-0.4, -0.2) is 38.7 Å². The van der Waals surface area contributed by atoms with Gasteiger partial charge in [-0.15, -0.1) is 0 Å². The molecule has 0 spiro atoms. The first-order valence-electron chi connectivity index (χ1n) is 8.30. The molecule has 0 bridgehead atoms. The van der Waals surface area contributed by atoms with E-state index in [2.05, 4.69) is 6.07 Å². The molecule has 2 aromatic carbocycles. The molecule has 0 aromatic heterocycles. The highest BCUT2D eigenvalue weighted by Gasteiger charge is 2.30. The van der Waals surface area contributed by atoms with Crippen LogP contribution >= 0.6 is 0 Å². The maximum Gasteiger partial charge on any atom is 0.328 e. The number of amides is 1. The molecule has 0 unspecified atom stereocenters. The summed E-state index contributed by atoms with van der Waals surface area (Å²) < 4.78 is 9.93. The smallest absolute Gasteiger partial charge is 0.328 e. The molecule has 0 aliphatic carbocycles. The number of nitrogens with zero attached hydrogens (tertiary/aromatic N) is 1. The Hall–Kier alpha value is -2.40. The van der Waals surface area contributed by atoms with E-state index in [1.807, 2.05) is 38.1 Å². The molecule has 0 radical (unpaired) electrons. The van der Waals surface area contributed by atoms with Crippen molar-refractivity contribution in [2.45, 2.75) is 33.2 Å². The van der Waals surface area contributed by atoms with Crippen LogP contribution in [0.4, 0.5) is 5.69 Å². The summed E-state index contributed by atoms with van der Waals surface area (Å²) in [4.78, 5) is 26.7. The van der Waals surface area contributed by atoms with E-state index in [-0.39, 0.29) is 12.3 Å². The third-order valence-corrected chi connectivity index (χ3v) is 4.49. The van der Waals surface area contributed by atoms with Gasteiger partial charge < -0.3 is 9.47 Å². The molecule has 0 saturated carbocycles. The molecule has 5 heteroatoms. The third-order valence-electron chi connectivity index (χ3n) is 4.49. The second-order valence-electron chi connectivity index (χ2n) is 6.09. The number of benzene rings is 2. The van der Waals surface area contributed by atoms with Crippen LogP contribution in [0, 0.1) is 13.8 Å². The lowest BCUT2D eigenvalue weighted by Gasteiger charge is -2.31. The van der Waals surface area contributed by atoms with Crippen molar-refractivity contribution in [2.24, 2.45) is 0 Å². The first kappa shape index (κ1) is 18.9. The highest BCUT2D eigenvalue weighted by atomic mass is 16.5. The van der Waals surface area contributed by atoms with Gasteiger partial charge in [-0.3, -0.25) is 9.69 Å². The number of rotatable bonds is 6. The van der Waals surface area contributed by atoms with Gasteiger partial charge in [0, 0.05) is 12.5 Å². The summed E-state index contributed by atoms with van der Waals surface area (Å²) >= 11 is 0. The van der Waals surface area contributed by atoms with E-state index in [1.54, 1.807) is 18.9 Å². The number of fused-ring (bicyclic) bond motifs is 1. The van der Waals surface area contributed by atoms with Crippen molar-refractivity contribution >= 4 is 28.3 Å². The standard InChI is InChI=1S/C20H25NO4/c1-13-12-16-8-6-7-9-17(16)19(14(13)2)21(15(3)20(23)25-5)18(22)10-11-24-4/h6-9,12,15H,10-11H2,1-5H3/t15-/m0/s1. The van der Waals surface area contributed by atoms with Crippen LogP contribution in [-0.2, 0) is 19.1 Å². The van der Waals surface area contributed by atoms with Crippen molar-refractivity contribution in [3.8, 4) is 0 Å². The summed E-state index contributed by atoms with van der Waals surface area (Å²) in [6.07, 6.45) is 0.194. The zero-order valence-electron chi connectivity index (χ0n) is 15.5. The molecule has 0 heterocycles. The summed E-state index contributed by atoms with van der Waals surface area (Å²) in [6.45, 7) is 5.96. The predicted molar refractivity (Wildman–Crippen MR) is 98.9 cm³/mol. The average molecular weight is 343 g/mol. The van der Waals surface area contributed by atoms with Gasteiger partial charge in [0.05, 0.1) is 25.8 Å². The van der Waals surface area contributed by atoms with Crippen molar-refractivity contribution in [1.82, 2.24) is 0 Å². The molecule has 2 aromatic rings. The predicted octanol–water partition coefficient (Wildman–Crippen LogP) is 3.39. The van der Waals surface area contributed by atoms with Gasteiger partial charge in [0.1, 0.15) is 6.04 Å². The van der Waals surface area contributed by atoms with Crippen molar-refractivity contribution in [2.75, 3.05) is 25.7 Å². The lowest BCUT2D eigenvalue weighted by molar-refractivity contribution is -0.143. The molecule has 0 fully saturated rings. The van der Waals surface area contributed by atoms with Crippen LogP contribution in [0.3, 0.4) is 0 Å². The number of aryl methyl sites for hydroxylation is 1. The number of methoxy groups -OCH3 is 2. The molecule has 1 atom stereocenters. The zero-order chi connectivity index (χ0) is 18.6. The van der Waals surface area contributed by atoms with E-state index in [0.29, 0.717) is 6.61 Å². The second kappa shape index (κ2) is 8.12. The number of anilines is 1. The topological polar surface area (TPSA) is 55.8 Å². The normalized spacial score (nSPS) is 12.0. The van der Waals surface area contributed by atoms with Gasteiger partial charge in [-0.2, -0.15) is 0 Å². The lowest BCUT2D eigenvalue weighted by atomic mass is 9.98. The van der Waals surface area contributed by atoms with Crippen molar-refractivity contribution < 1.29 is 19.1 Å². The van der Waals surface area contributed by atoms with Gasteiger partial charge in [0.2, 0.25) is 5.91 Å². The van der Waals surface area contributed by atoms with Crippen LogP contribution in [0.25, 0.3) is 10.8 Å². The molecule has 2 rings (SSSR count). The van der Waals surface area contributed by atoms with E-state index in [4.69, 9.17) is 9.47 Å². The Balaban J connectivity index is 2.68. The maximum absolute atomic E-state index is 12.9. The lowest BCUT2D eigenvalue weighted by Crippen LogP contribution is -2.45. The Labute approximate surface area is 148 Å². The highest BCUT2D eigenvalue weighted by Crippen LogP contribution is 2.34. The van der Waals surface area contributed by atoms with Crippen LogP contribution in [0.15, 0.2) is 30.3 Å². The Bertz CT molecular complexity index is 785. The van der Waals surface area contributed by atoms with E-state index >= 15 is 0 Å². The maximum atomic E-state index is 12.9. The zero-order valence-corrected chi connectivity index (χ0v) is 15.5. The van der Waals surface area contributed by atoms with Gasteiger partial charge in [-0.1, -0.05) is 30.3 Å². The first-order valence-corrected chi connectivity index (χ1v) is 8.30. The fraction of sp³-hybridized carbons (Fsp3) is 0.400. The van der Waals surface area contributed by atoms with Crippen LogP contribution < -0.4 is 4.90 Å². The molecule has 1 amide bonds. The van der Waals surface area contributed by atoms with Crippen LogP contribution in [0.5, 0.6) is 0 Å². The largest absolute Gasteiger partial charge is 0.467 e. The monoisotopic (exact) mass is 343 g/mol. The van der Waals surface area contributed by atoms with E-state index < -0.39 is 12.0 Å². The van der Waals surface area contributed by atoms with E-state index in [0.717, 1.165) is 27.6 Å². The molecular weight excluding hydrogens is 318 g/mol. The van der Waals surface area contributed by atoms with E-state index in [1.165, 1.54) is 7.11 Å². The first-order chi connectivity index (χ1) is 11.9. The number of ether oxygens (including phenoxy) is 2. The second-order valence-corrected chi connectivity index (χ2v) is 6.09. The minimum atomic E-state index is -0.724. The van der Waals surface area contributed by atoms with Crippen molar-refractivity contribution in [3.63, 3.8) is 0 Å². The Morgan fingerprint density at radius 3 is 2.48 bits per heavy atom. The minimum Gasteiger partial charge on any atom is -0.467 e. The highest BCUT2D eigenvalue weighted by molar-refractivity contribution is 6.08.